The van der Waals surface area contributed by atoms with Gasteiger partial charge >= 0.3 is 6.09 Å². The molecule has 0 saturated carbocycles. The number of likely N-dealkylation sites (tertiary alicyclic amines) is 1. The SMILES string of the molecule is O=C(OC1C[C@H]2CC[C@@H](C1)N2)N1CCCC1. The molecular weight excluding hydrogens is 204 g/mol. The summed E-state index contributed by atoms with van der Waals surface area (Å²) in [5, 5.41) is 3.56. The van der Waals surface area contributed by atoms with Gasteiger partial charge in [0.15, 0.2) is 0 Å². The van der Waals surface area contributed by atoms with Crippen molar-refractivity contribution in [2.24, 2.45) is 0 Å². The van der Waals surface area contributed by atoms with E-state index in [0.717, 1.165) is 38.8 Å². The van der Waals surface area contributed by atoms with E-state index in [9.17, 15) is 4.79 Å². The van der Waals surface area contributed by atoms with E-state index in [1.807, 2.05) is 4.90 Å². The van der Waals surface area contributed by atoms with Gasteiger partial charge in [-0.15, -0.1) is 0 Å². The second kappa shape index (κ2) is 4.24. The molecule has 1 amide bonds. The first-order valence-electron chi connectivity index (χ1n) is 6.53. The van der Waals surface area contributed by atoms with Crippen LogP contribution in [0.25, 0.3) is 0 Å². The summed E-state index contributed by atoms with van der Waals surface area (Å²) in [6.45, 7) is 1.77. The van der Waals surface area contributed by atoms with Crippen molar-refractivity contribution in [2.45, 2.75) is 56.7 Å². The molecule has 2 bridgehead atoms. The van der Waals surface area contributed by atoms with Crippen LogP contribution in [0, 0.1) is 0 Å². The second-order valence-corrected chi connectivity index (χ2v) is 5.31. The topological polar surface area (TPSA) is 41.6 Å². The minimum absolute atomic E-state index is 0.0798. The second-order valence-electron chi connectivity index (χ2n) is 5.31. The molecule has 3 heterocycles. The van der Waals surface area contributed by atoms with Crippen LogP contribution in [0.1, 0.15) is 38.5 Å². The van der Waals surface area contributed by atoms with E-state index in [0.29, 0.717) is 12.1 Å². The molecule has 90 valence electrons. The Morgan fingerprint density at radius 3 is 2.38 bits per heavy atom. The first-order valence-corrected chi connectivity index (χ1v) is 6.53. The highest BCUT2D eigenvalue weighted by Gasteiger charge is 2.36. The molecule has 16 heavy (non-hydrogen) atoms. The van der Waals surface area contributed by atoms with Gasteiger partial charge in [-0.05, 0) is 38.5 Å². The molecule has 3 fully saturated rings. The van der Waals surface area contributed by atoms with Crippen LogP contribution >= 0.6 is 0 Å². The molecule has 0 aromatic heterocycles. The van der Waals surface area contributed by atoms with Gasteiger partial charge in [-0.3, -0.25) is 0 Å². The molecule has 3 aliphatic rings. The fourth-order valence-electron chi connectivity index (χ4n) is 3.22. The predicted octanol–water partition coefficient (Wildman–Crippen LogP) is 1.50. The van der Waals surface area contributed by atoms with Crippen LogP contribution < -0.4 is 5.32 Å². The summed E-state index contributed by atoms with van der Waals surface area (Å²) in [6.07, 6.45) is 6.87. The van der Waals surface area contributed by atoms with E-state index in [1.54, 1.807) is 0 Å². The maximum atomic E-state index is 11.8. The van der Waals surface area contributed by atoms with Crippen molar-refractivity contribution in [1.82, 2.24) is 10.2 Å². The molecule has 0 aromatic carbocycles. The van der Waals surface area contributed by atoms with Gasteiger partial charge in [0.2, 0.25) is 0 Å². The lowest BCUT2D eigenvalue weighted by Gasteiger charge is -2.30. The molecule has 0 spiro atoms. The van der Waals surface area contributed by atoms with Crippen molar-refractivity contribution < 1.29 is 9.53 Å². The average molecular weight is 224 g/mol. The first-order chi connectivity index (χ1) is 7.81. The third-order valence-electron chi connectivity index (χ3n) is 4.06. The van der Waals surface area contributed by atoms with Crippen molar-refractivity contribution >= 4 is 6.09 Å². The number of amides is 1. The normalized spacial score (nSPS) is 37.8. The van der Waals surface area contributed by atoms with E-state index < -0.39 is 0 Å². The Hall–Kier alpha value is -0.770. The van der Waals surface area contributed by atoms with Gasteiger partial charge in [0.25, 0.3) is 0 Å². The summed E-state index contributed by atoms with van der Waals surface area (Å²) in [5.74, 6) is 0. The van der Waals surface area contributed by atoms with Gasteiger partial charge in [-0.1, -0.05) is 0 Å². The maximum absolute atomic E-state index is 11.8. The molecule has 3 rings (SSSR count). The number of ether oxygens (including phenoxy) is 1. The number of carbonyl (C=O) groups is 1. The summed E-state index contributed by atoms with van der Waals surface area (Å²) in [4.78, 5) is 13.7. The zero-order valence-electron chi connectivity index (χ0n) is 9.65. The molecule has 4 nitrogen and oxygen atoms in total. The monoisotopic (exact) mass is 224 g/mol. The van der Waals surface area contributed by atoms with Crippen molar-refractivity contribution in [3.05, 3.63) is 0 Å². The van der Waals surface area contributed by atoms with Crippen LogP contribution in [0.3, 0.4) is 0 Å². The number of fused-ring (bicyclic) bond motifs is 2. The Bertz CT molecular complexity index is 264. The molecule has 3 atom stereocenters. The highest BCUT2D eigenvalue weighted by atomic mass is 16.6. The van der Waals surface area contributed by atoms with Gasteiger partial charge in [-0.25, -0.2) is 4.79 Å². The van der Waals surface area contributed by atoms with Crippen LogP contribution in [-0.2, 0) is 4.74 Å². The fourth-order valence-corrected chi connectivity index (χ4v) is 3.22. The quantitative estimate of drug-likeness (QED) is 0.734. The van der Waals surface area contributed by atoms with Crippen LogP contribution in [0.5, 0.6) is 0 Å². The van der Waals surface area contributed by atoms with E-state index >= 15 is 0 Å². The molecular formula is C12H20N2O2. The Labute approximate surface area is 96.3 Å². The lowest BCUT2D eigenvalue weighted by Crippen LogP contribution is -2.43. The Morgan fingerprint density at radius 1 is 1.12 bits per heavy atom. The molecule has 3 aliphatic heterocycles. The molecule has 1 N–H and O–H groups in total. The maximum Gasteiger partial charge on any atom is 0.410 e. The largest absolute Gasteiger partial charge is 0.446 e. The zero-order chi connectivity index (χ0) is 11.0. The van der Waals surface area contributed by atoms with E-state index in [2.05, 4.69) is 5.32 Å². The average Bonchev–Trinajstić information content (AvgIpc) is 2.88. The van der Waals surface area contributed by atoms with Crippen molar-refractivity contribution in [1.29, 1.82) is 0 Å². The van der Waals surface area contributed by atoms with Gasteiger partial charge in [-0.2, -0.15) is 0 Å². The molecule has 0 radical (unpaired) electrons. The molecule has 0 aromatic rings. The summed E-state index contributed by atoms with van der Waals surface area (Å²) in [7, 11) is 0. The summed E-state index contributed by atoms with van der Waals surface area (Å²) in [6, 6.07) is 1.19. The molecule has 1 unspecified atom stereocenters. The molecule has 4 heteroatoms. The van der Waals surface area contributed by atoms with E-state index in [-0.39, 0.29) is 12.2 Å². The van der Waals surface area contributed by atoms with Gasteiger partial charge < -0.3 is 15.0 Å². The molecule has 0 aliphatic carbocycles. The van der Waals surface area contributed by atoms with E-state index in [4.69, 9.17) is 4.74 Å². The van der Waals surface area contributed by atoms with Crippen LogP contribution in [0.4, 0.5) is 4.79 Å². The lowest BCUT2D eigenvalue weighted by atomic mass is 10.0. The predicted molar refractivity (Wildman–Crippen MR) is 60.3 cm³/mol. The minimum Gasteiger partial charge on any atom is -0.446 e. The third-order valence-corrected chi connectivity index (χ3v) is 4.06. The number of hydrogen-bond donors (Lipinski definition) is 1. The van der Waals surface area contributed by atoms with Crippen LogP contribution in [0.15, 0.2) is 0 Å². The highest BCUT2D eigenvalue weighted by molar-refractivity contribution is 5.68. The standard InChI is InChI=1S/C12H20N2O2/c15-12(14-5-1-2-6-14)16-11-7-9-3-4-10(8-11)13-9/h9-11,13H,1-8H2/t9-,10+,11?. The van der Waals surface area contributed by atoms with Crippen molar-refractivity contribution in [3.63, 3.8) is 0 Å². The van der Waals surface area contributed by atoms with Crippen LogP contribution in [0.2, 0.25) is 0 Å². The molecule has 3 saturated heterocycles. The third kappa shape index (κ3) is 2.03. The smallest absolute Gasteiger partial charge is 0.410 e. The number of nitrogens with one attached hydrogen (secondary N) is 1. The number of nitrogens with zero attached hydrogens (tertiary/aromatic N) is 1. The first kappa shape index (κ1) is 10.4. The number of hydrogen-bond acceptors (Lipinski definition) is 3. The van der Waals surface area contributed by atoms with Crippen LogP contribution in [-0.4, -0.2) is 42.3 Å². The zero-order valence-corrected chi connectivity index (χ0v) is 9.65. The fraction of sp³-hybridized carbons (Fsp3) is 0.917. The lowest BCUT2D eigenvalue weighted by molar-refractivity contribution is 0.0444. The highest BCUT2D eigenvalue weighted by Crippen LogP contribution is 2.29. The van der Waals surface area contributed by atoms with Crippen molar-refractivity contribution in [3.8, 4) is 0 Å². The number of piperidine rings is 1. The summed E-state index contributed by atoms with van der Waals surface area (Å²) < 4.78 is 5.60. The number of rotatable bonds is 1. The number of carbonyl (C=O) groups excluding carboxylic acids is 1. The summed E-state index contributed by atoms with van der Waals surface area (Å²) >= 11 is 0. The Kier molecular flexibility index (Phi) is 2.75. The summed E-state index contributed by atoms with van der Waals surface area (Å²) in [5.41, 5.74) is 0. The van der Waals surface area contributed by atoms with Crippen molar-refractivity contribution in [2.75, 3.05) is 13.1 Å². The Balaban J connectivity index is 1.52. The van der Waals surface area contributed by atoms with Gasteiger partial charge in [0.1, 0.15) is 6.10 Å². The van der Waals surface area contributed by atoms with Gasteiger partial charge in [0, 0.05) is 25.2 Å². The van der Waals surface area contributed by atoms with Gasteiger partial charge in [0.05, 0.1) is 0 Å². The van der Waals surface area contributed by atoms with E-state index in [1.165, 1.54) is 12.8 Å². The Morgan fingerprint density at radius 2 is 1.75 bits per heavy atom. The minimum atomic E-state index is -0.0798.